The van der Waals surface area contributed by atoms with Gasteiger partial charge in [0.2, 0.25) is 0 Å². The molecule has 1 aromatic carbocycles. The lowest BCUT2D eigenvalue weighted by Crippen LogP contribution is -2.46. The minimum atomic E-state index is 0.627. The molecule has 0 radical (unpaired) electrons. The molecule has 0 unspecified atom stereocenters. The Morgan fingerprint density at radius 1 is 1.12 bits per heavy atom. The first kappa shape index (κ1) is 15.7. The number of rotatable bonds is 4. The molecule has 24 heavy (non-hydrogen) atoms. The predicted molar refractivity (Wildman–Crippen MR) is 92.0 cm³/mol. The lowest BCUT2D eigenvalue weighted by atomic mass is 10.0. The van der Waals surface area contributed by atoms with Crippen LogP contribution in [0.25, 0.3) is 5.69 Å². The second kappa shape index (κ2) is 7.01. The smallest absolute Gasteiger partial charge is 0.146 e. The zero-order valence-electron chi connectivity index (χ0n) is 14.2. The van der Waals surface area contributed by atoms with Gasteiger partial charge in [-0.05, 0) is 18.1 Å². The fourth-order valence-electron chi connectivity index (χ4n) is 3.92. The molecule has 2 aliphatic rings. The van der Waals surface area contributed by atoms with Crippen molar-refractivity contribution in [1.29, 1.82) is 0 Å². The number of nitrogens with zero attached hydrogens (tertiary/aromatic N) is 5. The van der Waals surface area contributed by atoms with Gasteiger partial charge in [-0.3, -0.25) is 9.80 Å². The fraction of sp³-hybridized carbons (Fsp3) is 0.556. The minimum absolute atomic E-state index is 0.627. The van der Waals surface area contributed by atoms with Gasteiger partial charge >= 0.3 is 0 Å². The molecule has 128 valence electrons. The summed E-state index contributed by atoms with van der Waals surface area (Å²) < 4.78 is 7.45. The van der Waals surface area contributed by atoms with Gasteiger partial charge < -0.3 is 4.74 Å². The van der Waals surface area contributed by atoms with Crippen LogP contribution in [-0.4, -0.2) is 70.0 Å². The largest absolute Gasteiger partial charge is 0.379 e. The topological polar surface area (TPSA) is 46.4 Å². The molecule has 2 aromatic rings. The predicted octanol–water partition coefficient (Wildman–Crippen LogP) is 1.42. The summed E-state index contributed by atoms with van der Waals surface area (Å²) in [5.41, 5.74) is 1.07. The third kappa shape index (κ3) is 3.22. The Balaban J connectivity index is 1.44. The Kier molecular flexibility index (Phi) is 4.60. The van der Waals surface area contributed by atoms with Crippen molar-refractivity contribution in [2.45, 2.75) is 19.5 Å². The molecule has 0 spiro atoms. The van der Waals surface area contributed by atoms with Gasteiger partial charge in [-0.1, -0.05) is 25.1 Å². The van der Waals surface area contributed by atoms with Crippen molar-refractivity contribution in [3.05, 3.63) is 42.5 Å². The van der Waals surface area contributed by atoms with Crippen molar-refractivity contribution in [3.8, 4) is 5.69 Å². The van der Waals surface area contributed by atoms with Crippen LogP contribution in [0.15, 0.2) is 36.7 Å². The summed E-state index contributed by atoms with van der Waals surface area (Å²) in [7, 11) is 0. The average Bonchev–Trinajstić information content (AvgIpc) is 3.23. The molecule has 0 N–H and O–H groups in total. The molecule has 6 heteroatoms. The highest BCUT2D eigenvalue weighted by Gasteiger charge is 2.34. The maximum absolute atomic E-state index is 5.49. The summed E-state index contributed by atoms with van der Waals surface area (Å²) in [6.07, 6.45) is 1.65. The van der Waals surface area contributed by atoms with Crippen LogP contribution in [0.5, 0.6) is 0 Å². The fourth-order valence-corrected chi connectivity index (χ4v) is 3.92. The van der Waals surface area contributed by atoms with Crippen LogP contribution in [0.3, 0.4) is 0 Å². The number of para-hydroxylation sites is 1. The van der Waals surface area contributed by atoms with Crippen molar-refractivity contribution in [1.82, 2.24) is 24.6 Å². The summed E-state index contributed by atoms with van der Waals surface area (Å²) in [4.78, 5) is 9.60. The van der Waals surface area contributed by atoms with E-state index in [1.807, 2.05) is 22.9 Å². The van der Waals surface area contributed by atoms with Gasteiger partial charge in [-0.2, -0.15) is 5.10 Å². The van der Waals surface area contributed by atoms with E-state index in [4.69, 9.17) is 4.74 Å². The third-order valence-electron chi connectivity index (χ3n) is 5.15. The maximum Gasteiger partial charge on any atom is 0.146 e. The molecule has 2 fully saturated rings. The highest BCUT2D eigenvalue weighted by atomic mass is 16.5. The van der Waals surface area contributed by atoms with Crippen LogP contribution in [0.4, 0.5) is 0 Å². The van der Waals surface area contributed by atoms with Crippen molar-refractivity contribution in [3.63, 3.8) is 0 Å². The highest BCUT2D eigenvalue weighted by Crippen LogP contribution is 2.24. The third-order valence-corrected chi connectivity index (χ3v) is 5.15. The summed E-state index contributed by atoms with van der Waals surface area (Å²) in [5, 5.41) is 4.41. The molecule has 4 rings (SSSR count). The van der Waals surface area contributed by atoms with Gasteiger partial charge in [-0.15, -0.1) is 0 Å². The number of ether oxygens (including phenoxy) is 1. The molecular formula is C18H25N5O. The van der Waals surface area contributed by atoms with E-state index in [1.165, 1.54) is 0 Å². The Hall–Kier alpha value is -1.76. The molecule has 0 aliphatic carbocycles. The molecule has 1 aromatic heterocycles. The molecule has 2 saturated heterocycles. The van der Waals surface area contributed by atoms with Crippen molar-refractivity contribution in [2.75, 3.05) is 39.4 Å². The molecule has 0 saturated carbocycles. The molecule has 6 nitrogen and oxygen atoms in total. The Morgan fingerprint density at radius 2 is 1.92 bits per heavy atom. The van der Waals surface area contributed by atoms with Crippen LogP contribution in [0.2, 0.25) is 0 Å². The van der Waals surface area contributed by atoms with E-state index >= 15 is 0 Å². The molecular weight excluding hydrogens is 302 g/mol. The number of hydrogen-bond donors (Lipinski definition) is 0. The molecule has 0 bridgehead atoms. The number of likely N-dealkylation sites (tertiary alicyclic amines) is 1. The van der Waals surface area contributed by atoms with Gasteiger partial charge in [0.25, 0.3) is 0 Å². The standard InChI is InChI=1S/C18H25N5O/c1-15-11-21(12-17(15)22-7-9-24-10-8-22)13-18-19-14-20-23(18)16-5-3-2-4-6-16/h2-6,14-15,17H,7-13H2,1H3/t15-,17-/m0/s1. The maximum atomic E-state index is 5.49. The quantitative estimate of drug-likeness (QED) is 0.850. The van der Waals surface area contributed by atoms with Crippen molar-refractivity contribution in [2.24, 2.45) is 5.92 Å². The van der Waals surface area contributed by atoms with Gasteiger partial charge in [0.1, 0.15) is 12.2 Å². The van der Waals surface area contributed by atoms with Crippen LogP contribution in [-0.2, 0) is 11.3 Å². The first-order valence-corrected chi connectivity index (χ1v) is 8.80. The normalized spacial score (nSPS) is 26.0. The number of benzene rings is 1. The Bertz CT molecular complexity index is 652. The van der Waals surface area contributed by atoms with Gasteiger partial charge in [0, 0.05) is 32.2 Å². The van der Waals surface area contributed by atoms with Crippen LogP contribution in [0, 0.1) is 5.92 Å². The van der Waals surface area contributed by atoms with Gasteiger partial charge in [0.05, 0.1) is 25.4 Å². The zero-order chi connectivity index (χ0) is 16.4. The molecule has 2 atom stereocenters. The first-order chi connectivity index (χ1) is 11.8. The highest BCUT2D eigenvalue weighted by molar-refractivity contribution is 5.30. The van der Waals surface area contributed by atoms with Crippen LogP contribution >= 0.6 is 0 Å². The van der Waals surface area contributed by atoms with E-state index < -0.39 is 0 Å². The Morgan fingerprint density at radius 3 is 2.71 bits per heavy atom. The average molecular weight is 327 g/mol. The van der Waals surface area contributed by atoms with E-state index in [1.54, 1.807) is 6.33 Å². The van der Waals surface area contributed by atoms with Crippen molar-refractivity contribution >= 4 is 0 Å². The van der Waals surface area contributed by atoms with E-state index in [-0.39, 0.29) is 0 Å². The first-order valence-electron chi connectivity index (χ1n) is 8.80. The van der Waals surface area contributed by atoms with Gasteiger partial charge in [0.15, 0.2) is 0 Å². The van der Waals surface area contributed by atoms with E-state index in [0.29, 0.717) is 12.0 Å². The summed E-state index contributed by atoms with van der Waals surface area (Å²) in [5.74, 6) is 1.69. The summed E-state index contributed by atoms with van der Waals surface area (Å²) in [6.45, 7) is 9.28. The number of aromatic nitrogens is 3. The SMILES string of the molecule is C[C@H]1CN(Cc2ncnn2-c2ccccc2)C[C@@H]1N1CCOCC1. The minimum Gasteiger partial charge on any atom is -0.379 e. The summed E-state index contributed by atoms with van der Waals surface area (Å²) >= 11 is 0. The number of hydrogen-bond acceptors (Lipinski definition) is 5. The van der Waals surface area contributed by atoms with Crippen LogP contribution < -0.4 is 0 Å². The Labute approximate surface area is 143 Å². The lowest BCUT2D eigenvalue weighted by molar-refractivity contribution is 0.0117. The molecule has 0 amide bonds. The van der Waals surface area contributed by atoms with E-state index in [0.717, 1.165) is 57.4 Å². The second-order valence-corrected chi connectivity index (χ2v) is 6.81. The molecule has 3 heterocycles. The van der Waals surface area contributed by atoms with E-state index in [2.05, 4.69) is 38.9 Å². The van der Waals surface area contributed by atoms with Crippen LogP contribution in [0.1, 0.15) is 12.7 Å². The monoisotopic (exact) mass is 327 g/mol. The summed E-state index contributed by atoms with van der Waals surface area (Å²) in [6, 6.07) is 10.9. The van der Waals surface area contributed by atoms with Gasteiger partial charge in [-0.25, -0.2) is 9.67 Å². The second-order valence-electron chi connectivity index (χ2n) is 6.81. The lowest BCUT2D eigenvalue weighted by Gasteiger charge is -2.34. The van der Waals surface area contributed by atoms with E-state index in [9.17, 15) is 0 Å². The van der Waals surface area contributed by atoms with Crippen molar-refractivity contribution < 1.29 is 4.74 Å². The zero-order valence-corrected chi connectivity index (χ0v) is 14.2. The number of morpholine rings is 1. The molecule has 2 aliphatic heterocycles.